The lowest BCUT2D eigenvalue weighted by Gasteiger charge is -2.75. The van der Waals surface area contributed by atoms with Gasteiger partial charge in [-0.2, -0.15) is 0 Å². The number of rotatable bonds is 2. The summed E-state index contributed by atoms with van der Waals surface area (Å²) in [6.07, 6.45) is 12.4. The predicted octanol–water partition coefficient (Wildman–Crippen LogP) is 8.25. The fourth-order valence-electron chi connectivity index (χ4n) is 14.5. The summed E-state index contributed by atoms with van der Waals surface area (Å²) in [6, 6.07) is 0. The Kier molecular flexibility index (Phi) is 6.41. The monoisotopic (exact) mass is 604 g/mol. The van der Waals surface area contributed by atoms with E-state index in [4.69, 9.17) is 0 Å². The van der Waals surface area contributed by atoms with Crippen LogP contribution in [0.15, 0.2) is 22.8 Å². The summed E-state index contributed by atoms with van der Waals surface area (Å²) in [6.45, 7) is 22.5. The Balaban J connectivity index is 1.58. The molecule has 2 N–H and O–H groups in total. The van der Waals surface area contributed by atoms with E-state index in [1.165, 1.54) is 29.6 Å². The van der Waals surface area contributed by atoms with Crippen LogP contribution >= 0.6 is 0 Å². The SMILES string of the molecule is CC(C)[C@@]1(O)C(=O)C2C3=C(CC[C@H]4C(C)(C)CCC[C@]34C)C1C1C23CC[C@H]2C(C)(C)CCC[C@]2(C)C3=CC(=O)[C@]1(O)C(C)C. The zero-order chi connectivity index (χ0) is 32.2. The van der Waals surface area contributed by atoms with Crippen LogP contribution in [-0.2, 0) is 9.59 Å². The Morgan fingerprint density at radius 2 is 1.27 bits per heavy atom. The van der Waals surface area contributed by atoms with Crippen LogP contribution in [0.3, 0.4) is 0 Å². The van der Waals surface area contributed by atoms with Gasteiger partial charge >= 0.3 is 0 Å². The largest absolute Gasteiger partial charge is 0.381 e. The normalized spacial score (nSPS) is 50.5. The molecular weight excluding hydrogens is 544 g/mol. The standard InChI is InChI=1S/C40H60O4/c1-22(2)39(43)28(41)21-27-36(9)18-11-16-35(7,8)26(36)15-20-38(27)31-29-24(30(32(38)39)40(44,23(3)4)33(31)42)13-14-25-34(5,6)17-12-19-37(25,29)10/h21-23,25-26,30-32,43-44H,11-20H2,1-10H3/t25-,26-,30?,31?,32?,36-,37-,38?,39+,40-/m0/s1. The first kappa shape index (κ1) is 31.3. The average Bonchev–Trinajstić information content (AvgIpc) is 2.91. The summed E-state index contributed by atoms with van der Waals surface area (Å²) >= 11 is 0. The van der Waals surface area contributed by atoms with Crippen LogP contribution in [0.2, 0.25) is 0 Å². The minimum atomic E-state index is -1.62. The lowest BCUT2D eigenvalue weighted by molar-refractivity contribution is -0.232. The molecule has 0 radical (unpaired) electrons. The number of aliphatic hydroxyl groups is 2. The molecule has 0 aromatic carbocycles. The summed E-state index contributed by atoms with van der Waals surface area (Å²) in [7, 11) is 0. The van der Waals surface area contributed by atoms with Crippen LogP contribution in [0.25, 0.3) is 0 Å². The van der Waals surface area contributed by atoms with Gasteiger partial charge in [-0.25, -0.2) is 0 Å². The van der Waals surface area contributed by atoms with E-state index in [1.54, 1.807) is 0 Å². The first-order valence-corrected chi connectivity index (χ1v) is 18.3. The first-order chi connectivity index (χ1) is 20.3. The molecule has 0 aliphatic heterocycles. The van der Waals surface area contributed by atoms with Crippen molar-refractivity contribution in [3.8, 4) is 0 Å². The van der Waals surface area contributed by atoms with Crippen LogP contribution < -0.4 is 0 Å². The molecular formula is C40H60O4. The van der Waals surface area contributed by atoms with Gasteiger partial charge in [0.05, 0.1) is 5.92 Å². The molecule has 10 atom stereocenters. The number of fused-ring (bicyclic) bond motifs is 4. The van der Waals surface area contributed by atoms with E-state index >= 15 is 4.79 Å². The van der Waals surface area contributed by atoms with Gasteiger partial charge in [0, 0.05) is 17.3 Å². The number of carbonyl (C=O) groups is 2. The maximum Gasteiger partial charge on any atom is 0.187 e. The highest BCUT2D eigenvalue weighted by molar-refractivity contribution is 6.04. The molecule has 4 unspecified atom stereocenters. The quantitative estimate of drug-likeness (QED) is 0.311. The summed E-state index contributed by atoms with van der Waals surface area (Å²) < 4.78 is 0. The van der Waals surface area contributed by atoms with Crippen LogP contribution in [0.5, 0.6) is 0 Å². The van der Waals surface area contributed by atoms with Crippen molar-refractivity contribution < 1.29 is 19.8 Å². The van der Waals surface area contributed by atoms with Gasteiger partial charge in [-0.3, -0.25) is 9.59 Å². The number of hydrogen-bond donors (Lipinski definition) is 2. The minimum absolute atomic E-state index is 0.00114. The van der Waals surface area contributed by atoms with Gasteiger partial charge in [0.25, 0.3) is 0 Å². The van der Waals surface area contributed by atoms with Crippen molar-refractivity contribution >= 4 is 11.6 Å². The van der Waals surface area contributed by atoms with Crippen LogP contribution in [0, 0.1) is 68.5 Å². The number of ketones is 2. The van der Waals surface area contributed by atoms with Gasteiger partial charge in [0.2, 0.25) is 0 Å². The Labute approximate surface area is 266 Å². The maximum atomic E-state index is 15.5. The van der Waals surface area contributed by atoms with E-state index in [9.17, 15) is 15.0 Å². The highest BCUT2D eigenvalue weighted by Crippen LogP contribution is 2.80. The Hall–Kier alpha value is -1.26. The third-order valence-corrected chi connectivity index (χ3v) is 16.2. The molecule has 8 aliphatic rings. The molecule has 4 fully saturated rings. The van der Waals surface area contributed by atoms with Crippen molar-refractivity contribution in [2.45, 2.75) is 145 Å². The highest BCUT2D eigenvalue weighted by Gasteiger charge is 2.81. The van der Waals surface area contributed by atoms with E-state index in [-0.39, 0.29) is 45.1 Å². The zero-order valence-corrected chi connectivity index (χ0v) is 29.4. The summed E-state index contributed by atoms with van der Waals surface area (Å²) in [5, 5.41) is 25.9. The van der Waals surface area contributed by atoms with Gasteiger partial charge in [-0.05, 0) is 103 Å². The second-order valence-corrected chi connectivity index (χ2v) is 19.3. The van der Waals surface area contributed by atoms with Crippen LogP contribution in [0.1, 0.15) is 133 Å². The van der Waals surface area contributed by atoms with E-state index < -0.39 is 34.4 Å². The molecule has 0 amide bonds. The molecule has 8 aliphatic carbocycles. The molecule has 0 aromatic rings. The molecule has 244 valence electrons. The Bertz CT molecular complexity index is 1380. The second kappa shape index (κ2) is 9.00. The average molecular weight is 605 g/mol. The number of carbonyl (C=O) groups excluding carboxylic acids is 2. The molecule has 0 saturated heterocycles. The molecule has 4 heteroatoms. The fraction of sp³-hybridized carbons (Fsp3) is 0.850. The molecule has 1 spiro atoms. The molecule has 4 nitrogen and oxygen atoms in total. The van der Waals surface area contributed by atoms with Gasteiger partial charge in [0.1, 0.15) is 11.2 Å². The van der Waals surface area contributed by atoms with E-state index in [0.717, 1.165) is 51.4 Å². The number of hydrogen-bond acceptors (Lipinski definition) is 4. The van der Waals surface area contributed by atoms with Crippen LogP contribution in [0.4, 0.5) is 0 Å². The minimum Gasteiger partial charge on any atom is -0.381 e. The summed E-state index contributed by atoms with van der Waals surface area (Å²) in [5.41, 5.74) is -0.0457. The lowest BCUT2D eigenvalue weighted by Crippen LogP contribution is -2.79. The predicted molar refractivity (Wildman–Crippen MR) is 175 cm³/mol. The number of allylic oxidation sites excluding steroid dienone is 2. The van der Waals surface area contributed by atoms with Crippen LogP contribution in [-0.4, -0.2) is 33.0 Å². The first-order valence-electron chi connectivity index (χ1n) is 18.3. The van der Waals surface area contributed by atoms with Gasteiger partial charge < -0.3 is 10.2 Å². The fourth-order valence-corrected chi connectivity index (χ4v) is 14.5. The maximum absolute atomic E-state index is 15.5. The molecule has 2 bridgehead atoms. The van der Waals surface area contributed by atoms with Crippen molar-refractivity contribution in [3.63, 3.8) is 0 Å². The van der Waals surface area contributed by atoms with Crippen molar-refractivity contribution in [1.29, 1.82) is 0 Å². The van der Waals surface area contributed by atoms with Crippen molar-refractivity contribution in [3.05, 3.63) is 22.8 Å². The molecule has 8 rings (SSSR count). The van der Waals surface area contributed by atoms with Gasteiger partial charge in [-0.1, -0.05) is 98.8 Å². The molecule has 4 saturated carbocycles. The zero-order valence-electron chi connectivity index (χ0n) is 29.4. The Morgan fingerprint density at radius 1 is 0.727 bits per heavy atom. The second-order valence-electron chi connectivity index (χ2n) is 19.3. The third-order valence-electron chi connectivity index (χ3n) is 16.2. The van der Waals surface area contributed by atoms with Crippen molar-refractivity contribution in [2.75, 3.05) is 0 Å². The third kappa shape index (κ3) is 3.29. The topological polar surface area (TPSA) is 74.6 Å². The lowest BCUT2D eigenvalue weighted by atomic mass is 9.28. The Morgan fingerprint density at radius 3 is 1.84 bits per heavy atom. The smallest absolute Gasteiger partial charge is 0.187 e. The molecule has 0 aromatic heterocycles. The van der Waals surface area contributed by atoms with Gasteiger partial charge in [-0.15, -0.1) is 0 Å². The van der Waals surface area contributed by atoms with E-state index in [1.807, 2.05) is 33.8 Å². The van der Waals surface area contributed by atoms with Crippen molar-refractivity contribution in [2.24, 2.45) is 68.5 Å². The molecule has 0 heterocycles. The summed E-state index contributed by atoms with van der Waals surface area (Å²) in [5.74, 6) is -1.39. The number of Topliss-reactive ketones (excluding diaryl/α,β-unsaturated/α-hetero) is 1. The van der Waals surface area contributed by atoms with Gasteiger partial charge in [0.15, 0.2) is 11.6 Å². The van der Waals surface area contributed by atoms with E-state index in [0.29, 0.717) is 11.8 Å². The van der Waals surface area contributed by atoms with E-state index in [2.05, 4.69) is 41.5 Å². The van der Waals surface area contributed by atoms with Crippen molar-refractivity contribution in [1.82, 2.24) is 0 Å². The molecule has 44 heavy (non-hydrogen) atoms. The summed E-state index contributed by atoms with van der Waals surface area (Å²) in [4.78, 5) is 30.1. The highest BCUT2D eigenvalue weighted by atomic mass is 16.3.